The molecule has 0 aliphatic carbocycles. The summed E-state index contributed by atoms with van der Waals surface area (Å²) in [7, 11) is 1.56. The van der Waals surface area contributed by atoms with Gasteiger partial charge in [-0.15, -0.1) is 0 Å². The summed E-state index contributed by atoms with van der Waals surface area (Å²) < 4.78 is 5.47. The van der Waals surface area contributed by atoms with E-state index in [4.69, 9.17) is 9.84 Å². The predicted molar refractivity (Wildman–Crippen MR) is 73.0 cm³/mol. The number of nitrogens with zero attached hydrogens (tertiary/aromatic N) is 1. The Bertz CT molecular complexity index is 517. The molecule has 20 heavy (non-hydrogen) atoms. The van der Waals surface area contributed by atoms with Gasteiger partial charge in [-0.25, -0.2) is 0 Å². The third kappa shape index (κ3) is 3.67. The Balaban J connectivity index is 2.73. The molecule has 0 spiro atoms. The van der Waals surface area contributed by atoms with Crippen LogP contribution in [0.25, 0.3) is 0 Å². The first-order valence-corrected chi connectivity index (χ1v) is 6.10. The maximum absolute atomic E-state index is 11.1. The number of ether oxygens (including phenoxy) is 1. The lowest BCUT2D eigenvalue weighted by molar-refractivity contribution is -0.384. The Kier molecular flexibility index (Phi) is 5.04. The van der Waals surface area contributed by atoms with Crippen molar-refractivity contribution in [2.45, 2.75) is 25.8 Å². The van der Waals surface area contributed by atoms with Crippen molar-refractivity contribution in [3.8, 4) is 5.75 Å². The molecule has 0 aromatic heterocycles. The van der Waals surface area contributed by atoms with Crippen molar-refractivity contribution in [1.29, 1.82) is 0 Å². The van der Waals surface area contributed by atoms with Crippen LogP contribution >= 0.6 is 0 Å². The standard InChI is InChI=1S/C13H18N2O5/c1-9-4-5-10(15(18)19)8-11(9)20-7-6-13(2,14-3)12(16)17/h4-5,8,14H,6-7H2,1-3H3,(H,16,17). The maximum atomic E-state index is 11.1. The molecule has 7 nitrogen and oxygen atoms in total. The third-order valence-electron chi connectivity index (χ3n) is 3.27. The predicted octanol–water partition coefficient (Wildman–Crippen LogP) is 1.73. The van der Waals surface area contributed by atoms with Gasteiger partial charge in [0.25, 0.3) is 5.69 Å². The first-order chi connectivity index (χ1) is 9.30. The molecule has 0 saturated heterocycles. The van der Waals surface area contributed by atoms with Gasteiger partial charge in [-0.05, 0) is 32.5 Å². The second-order valence-corrected chi connectivity index (χ2v) is 4.69. The van der Waals surface area contributed by atoms with Crippen LogP contribution < -0.4 is 10.1 Å². The number of hydrogen-bond donors (Lipinski definition) is 2. The molecule has 7 heteroatoms. The van der Waals surface area contributed by atoms with E-state index in [-0.39, 0.29) is 18.7 Å². The highest BCUT2D eigenvalue weighted by atomic mass is 16.6. The lowest BCUT2D eigenvalue weighted by Crippen LogP contribution is -2.48. The number of rotatable bonds is 7. The molecule has 0 fully saturated rings. The van der Waals surface area contributed by atoms with Crippen molar-refractivity contribution >= 4 is 11.7 Å². The molecule has 1 atom stereocenters. The van der Waals surface area contributed by atoms with E-state index in [2.05, 4.69) is 5.32 Å². The van der Waals surface area contributed by atoms with Crippen molar-refractivity contribution in [2.24, 2.45) is 0 Å². The number of likely N-dealkylation sites (N-methyl/N-ethyl adjacent to an activating group) is 1. The first kappa shape index (κ1) is 15.9. The fourth-order valence-corrected chi connectivity index (χ4v) is 1.56. The summed E-state index contributed by atoms with van der Waals surface area (Å²) in [5, 5.41) is 22.5. The van der Waals surface area contributed by atoms with E-state index < -0.39 is 16.4 Å². The van der Waals surface area contributed by atoms with Crippen molar-refractivity contribution in [2.75, 3.05) is 13.7 Å². The number of carboxylic acid groups (broad SMARTS) is 1. The van der Waals surface area contributed by atoms with E-state index in [0.29, 0.717) is 5.75 Å². The molecular weight excluding hydrogens is 264 g/mol. The van der Waals surface area contributed by atoms with E-state index in [0.717, 1.165) is 5.56 Å². The summed E-state index contributed by atoms with van der Waals surface area (Å²) in [6.07, 6.45) is 0.237. The third-order valence-corrected chi connectivity index (χ3v) is 3.27. The molecule has 1 aromatic carbocycles. The first-order valence-electron chi connectivity index (χ1n) is 6.10. The SMILES string of the molecule is CNC(C)(CCOc1cc([N+](=O)[O-])ccc1C)C(=O)O. The number of benzene rings is 1. The number of aryl methyl sites for hydroxylation is 1. The van der Waals surface area contributed by atoms with Gasteiger partial charge in [-0.1, -0.05) is 0 Å². The number of carbonyl (C=O) groups is 1. The van der Waals surface area contributed by atoms with Gasteiger partial charge >= 0.3 is 5.97 Å². The molecule has 0 aliphatic heterocycles. The van der Waals surface area contributed by atoms with Crippen LogP contribution in [0.3, 0.4) is 0 Å². The van der Waals surface area contributed by atoms with Crippen LogP contribution in [-0.2, 0) is 4.79 Å². The van der Waals surface area contributed by atoms with Crippen LogP contribution in [0.15, 0.2) is 18.2 Å². The zero-order valence-electron chi connectivity index (χ0n) is 11.7. The van der Waals surface area contributed by atoms with Crippen molar-refractivity contribution in [1.82, 2.24) is 5.32 Å². The summed E-state index contributed by atoms with van der Waals surface area (Å²) in [6.45, 7) is 3.47. The normalized spacial score (nSPS) is 13.6. The van der Waals surface area contributed by atoms with E-state index in [1.807, 2.05) is 0 Å². The van der Waals surface area contributed by atoms with Gasteiger partial charge < -0.3 is 15.2 Å². The van der Waals surface area contributed by atoms with Crippen LogP contribution in [0.1, 0.15) is 18.9 Å². The monoisotopic (exact) mass is 282 g/mol. The van der Waals surface area contributed by atoms with Crippen molar-refractivity contribution in [3.05, 3.63) is 33.9 Å². The number of aliphatic carboxylic acids is 1. The number of nitro benzene ring substituents is 1. The molecule has 0 saturated carbocycles. The van der Waals surface area contributed by atoms with Crippen LogP contribution in [0.5, 0.6) is 5.75 Å². The van der Waals surface area contributed by atoms with E-state index in [1.165, 1.54) is 12.1 Å². The average Bonchev–Trinajstić information content (AvgIpc) is 2.40. The van der Waals surface area contributed by atoms with Crippen molar-refractivity contribution < 1.29 is 19.6 Å². The van der Waals surface area contributed by atoms with E-state index in [1.54, 1.807) is 27.0 Å². The summed E-state index contributed by atoms with van der Waals surface area (Å²) >= 11 is 0. The Hall–Kier alpha value is -2.15. The quantitative estimate of drug-likeness (QED) is 0.583. The molecule has 1 unspecified atom stereocenters. The minimum atomic E-state index is -1.09. The second kappa shape index (κ2) is 6.33. The zero-order valence-corrected chi connectivity index (χ0v) is 11.7. The lowest BCUT2D eigenvalue weighted by Gasteiger charge is -2.24. The smallest absolute Gasteiger partial charge is 0.323 e. The number of nitrogens with one attached hydrogen (secondary N) is 1. The fraction of sp³-hybridized carbons (Fsp3) is 0.462. The van der Waals surface area contributed by atoms with Crippen LogP contribution in [0.2, 0.25) is 0 Å². The summed E-state index contributed by atoms with van der Waals surface area (Å²) in [6, 6.07) is 4.34. The molecule has 0 amide bonds. The molecule has 0 radical (unpaired) electrons. The van der Waals surface area contributed by atoms with Gasteiger partial charge in [0.1, 0.15) is 11.3 Å². The number of hydrogen-bond acceptors (Lipinski definition) is 5. The van der Waals surface area contributed by atoms with E-state index in [9.17, 15) is 14.9 Å². The lowest BCUT2D eigenvalue weighted by atomic mass is 9.99. The van der Waals surface area contributed by atoms with Crippen LogP contribution in [-0.4, -0.2) is 35.2 Å². The Morgan fingerprint density at radius 1 is 1.55 bits per heavy atom. The summed E-state index contributed by atoms with van der Waals surface area (Å²) in [5.41, 5.74) is -0.383. The zero-order chi connectivity index (χ0) is 15.3. The summed E-state index contributed by atoms with van der Waals surface area (Å²) in [5.74, 6) is -0.581. The van der Waals surface area contributed by atoms with Crippen LogP contribution in [0.4, 0.5) is 5.69 Å². The summed E-state index contributed by atoms with van der Waals surface area (Å²) in [4.78, 5) is 21.3. The molecule has 1 aromatic rings. The molecule has 0 aliphatic rings. The average molecular weight is 282 g/mol. The largest absolute Gasteiger partial charge is 0.493 e. The van der Waals surface area contributed by atoms with Gasteiger partial charge in [-0.2, -0.15) is 0 Å². The van der Waals surface area contributed by atoms with Gasteiger partial charge in [-0.3, -0.25) is 14.9 Å². The number of non-ortho nitro benzene ring substituents is 1. The van der Waals surface area contributed by atoms with E-state index >= 15 is 0 Å². The highest BCUT2D eigenvalue weighted by molar-refractivity contribution is 5.78. The van der Waals surface area contributed by atoms with Gasteiger partial charge in [0.15, 0.2) is 0 Å². The molecule has 0 bridgehead atoms. The fourth-order valence-electron chi connectivity index (χ4n) is 1.56. The van der Waals surface area contributed by atoms with Gasteiger partial charge in [0.2, 0.25) is 0 Å². The number of nitro groups is 1. The minimum absolute atomic E-state index is 0.0554. The Morgan fingerprint density at radius 2 is 2.20 bits per heavy atom. The van der Waals surface area contributed by atoms with Gasteiger partial charge in [0.05, 0.1) is 17.6 Å². The molecular formula is C13H18N2O5. The second-order valence-electron chi connectivity index (χ2n) is 4.69. The molecule has 110 valence electrons. The van der Waals surface area contributed by atoms with Crippen molar-refractivity contribution in [3.63, 3.8) is 0 Å². The minimum Gasteiger partial charge on any atom is -0.493 e. The Morgan fingerprint density at radius 3 is 2.70 bits per heavy atom. The molecule has 0 heterocycles. The molecule has 1 rings (SSSR count). The topological polar surface area (TPSA) is 102 Å². The molecule has 2 N–H and O–H groups in total. The highest BCUT2D eigenvalue weighted by Gasteiger charge is 2.30. The maximum Gasteiger partial charge on any atom is 0.323 e. The number of carboxylic acids is 1. The highest BCUT2D eigenvalue weighted by Crippen LogP contribution is 2.24. The van der Waals surface area contributed by atoms with Crippen LogP contribution in [0, 0.1) is 17.0 Å². The Labute approximate surface area is 116 Å². The van der Waals surface area contributed by atoms with Gasteiger partial charge in [0, 0.05) is 12.5 Å².